The van der Waals surface area contributed by atoms with Gasteiger partial charge >= 0.3 is 0 Å². The molecule has 0 bridgehead atoms. The molecule has 2 atom stereocenters. The van der Waals surface area contributed by atoms with Crippen LogP contribution < -0.4 is 10.1 Å². The van der Waals surface area contributed by atoms with E-state index in [-0.39, 0.29) is 11.9 Å². The standard InChI is InChI=1S/C25H24Cl2N2O5/c26-16-3-7-20-15(10-16)12-22(34-20)24(31)25(32)28-19(13-29-8-1-9-29)23(30)14-2-6-21(18(27)11-14)33-17-4-5-17/h2-3,6-7,10-12,17,19,23,30H,1,4-5,8-9,13H2,(H,28,32). The third-order valence-electron chi connectivity index (χ3n) is 6.13. The molecule has 7 nitrogen and oxygen atoms in total. The van der Waals surface area contributed by atoms with Crippen molar-refractivity contribution in [2.24, 2.45) is 0 Å². The van der Waals surface area contributed by atoms with Crippen molar-refractivity contribution in [2.45, 2.75) is 37.5 Å². The van der Waals surface area contributed by atoms with Crippen molar-refractivity contribution in [3.05, 3.63) is 63.8 Å². The van der Waals surface area contributed by atoms with E-state index in [9.17, 15) is 14.7 Å². The Balaban J connectivity index is 1.32. The molecule has 34 heavy (non-hydrogen) atoms. The number of nitrogens with zero attached hydrogens (tertiary/aromatic N) is 1. The highest BCUT2D eigenvalue weighted by molar-refractivity contribution is 6.42. The molecule has 178 valence electrons. The Kier molecular flexibility index (Phi) is 6.53. The number of nitrogens with one attached hydrogen (secondary N) is 1. The minimum atomic E-state index is -1.07. The summed E-state index contributed by atoms with van der Waals surface area (Å²) in [6.45, 7) is 2.13. The van der Waals surface area contributed by atoms with Crippen LogP contribution in [0.1, 0.15) is 41.5 Å². The van der Waals surface area contributed by atoms with Crippen LogP contribution >= 0.6 is 23.2 Å². The van der Waals surface area contributed by atoms with Gasteiger partial charge in [-0.15, -0.1) is 0 Å². The van der Waals surface area contributed by atoms with Gasteiger partial charge in [-0.1, -0.05) is 29.3 Å². The van der Waals surface area contributed by atoms with E-state index in [0.717, 1.165) is 32.4 Å². The van der Waals surface area contributed by atoms with Gasteiger partial charge in [0.05, 0.1) is 17.2 Å². The monoisotopic (exact) mass is 502 g/mol. The average Bonchev–Trinajstić information content (AvgIpc) is 3.51. The molecule has 1 aliphatic heterocycles. The van der Waals surface area contributed by atoms with Crippen LogP contribution in [-0.2, 0) is 4.79 Å². The van der Waals surface area contributed by atoms with Crippen LogP contribution in [0.5, 0.6) is 5.75 Å². The Hall–Kier alpha value is -2.58. The van der Waals surface area contributed by atoms with Crippen LogP contribution in [-0.4, -0.2) is 53.5 Å². The maximum absolute atomic E-state index is 12.8. The van der Waals surface area contributed by atoms with Gasteiger partial charge in [-0.05, 0) is 74.3 Å². The number of halogens is 2. The lowest BCUT2D eigenvalue weighted by Crippen LogP contribution is -2.52. The largest absolute Gasteiger partial charge is 0.489 e. The van der Waals surface area contributed by atoms with Crippen molar-refractivity contribution in [3.8, 4) is 5.75 Å². The SMILES string of the molecule is O=C(NC(CN1CCC1)C(O)c1ccc(OC2CC2)c(Cl)c1)C(=O)c1cc2cc(Cl)ccc2o1. The quantitative estimate of drug-likeness (QED) is 0.333. The number of carbonyl (C=O) groups is 2. The molecule has 2 heterocycles. The van der Waals surface area contributed by atoms with Crippen LogP contribution in [0.2, 0.25) is 10.0 Å². The van der Waals surface area contributed by atoms with E-state index in [2.05, 4.69) is 10.2 Å². The number of carbonyl (C=O) groups excluding carboxylic acids is 2. The van der Waals surface area contributed by atoms with Crippen molar-refractivity contribution in [1.82, 2.24) is 10.2 Å². The third kappa shape index (κ3) is 5.08. The Morgan fingerprint density at radius 1 is 1.15 bits per heavy atom. The van der Waals surface area contributed by atoms with Gasteiger partial charge < -0.3 is 24.5 Å². The Labute approximate surface area is 206 Å². The summed E-state index contributed by atoms with van der Waals surface area (Å²) in [6, 6.07) is 10.8. The molecule has 2 fully saturated rings. The van der Waals surface area contributed by atoms with Crippen molar-refractivity contribution < 1.29 is 23.8 Å². The number of rotatable bonds is 9. The molecule has 0 spiro atoms. The predicted molar refractivity (Wildman–Crippen MR) is 129 cm³/mol. The lowest BCUT2D eigenvalue weighted by atomic mass is 10.00. The second-order valence-corrected chi connectivity index (χ2v) is 9.65. The fourth-order valence-electron chi connectivity index (χ4n) is 3.93. The predicted octanol–water partition coefficient (Wildman–Crippen LogP) is 4.39. The van der Waals surface area contributed by atoms with Gasteiger partial charge in [0.15, 0.2) is 5.76 Å². The van der Waals surface area contributed by atoms with Gasteiger partial charge in [0, 0.05) is 17.0 Å². The smallest absolute Gasteiger partial charge is 0.296 e. The summed E-state index contributed by atoms with van der Waals surface area (Å²) in [6.07, 6.45) is 2.20. The van der Waals surface area contributed by atoms with Gasteiger partial charge in [0.1, 0.15) is 17.4 Å². The number of likely N-dealkylation sites (tertiary alicyclic amines) is 1. The van der Waals surface area contributed by atoms with E-state index in [1.165, 1.54) is 6.07 Å². The van der Waals surface area contributed by atoms with Crippen LogP contribution in [0.4, 0.5) is 0 Å². The van der Waals surface area contributed by atoms with Crippen molar-refractivity contribution in [1.29, 1.82) is 0 Å². The zero-order valence-corrected chi connectivity index (χ0v) is 19.8. The zero-order valence-electron chi connectivity index (χ0n) is 18.3. The summed E-state index contributed by atoms with van der Waals surface area (Å²) < 4.78 is 11.3. The number of fused-ring (bicyclic) bond motifs is 1. The number of hydrogen-bond acceptors (Lipinski definition) is 6. The van der Waals surface area contributed by atoms with Crippen molar-refractivity contribution in [3.63, 3.8) is 0 Å². The van der Waals surface area contributed by atoms with Crippen LogP contribution in [0, 0.1) is 0 Å². The van der Waals surface area contributed by atoms with E-state index < -0.39 is 23.8 Å². The van der Waals surface area contributed by atoms with Crippen molar-refractivity contribution >= 4 is 45.9 Å². The Morgan fingerprint density at radius 3 is 2.62 bits per heavy atom. The fraction of sp³-hybridized carbons (Fsp3) is 0.360. The Morgan fingerprint density at radius 2 is 1.94 bits per heavy atom. The van der Waals surface area contributed by atoms with E-state index in [1.807, 2.05) is 0 Å². The first-order valence-corrected chi connectivity index (χ1v) is 12.0. The molecule has 1 amide bonds. The number of hydrogen-bond donors (Lipinski definition) is 2. The van der Waals surface area contributed by atoms with Gasteiger partial charge in [-0.2, -0.15) is 0 Å². The summed E-state index contributed by atoms with van der Waals surface area (Å²) in [4.78, 5) is 27.8. The highest BCUT2D eigenvalue weighted by Crippen LogP contribution is 2.34. The summed E-state index contributed by atoms with van der Waals surface area (Å²) in [5, 5.41) is 15.3. The average molecular weight is 503 g/mol. The number of ketones is 1. The normalized spacial score (nSPS) is 17.7. The van der Waals surface area contributed by atoms with Crippen molar-refractivity contribution in [2.75, 3.05) is 19.6 Å². The number of aliphatic hydroxyl groups excluding tert-OH is 1. The first kappa shape index (κ1) is 23.2. The molecule has 9 heteroatoms. The highest BCUT2D eigenvalue weighted by atomic mass is 35.5. The highest BCUT2D eigenvalue weighted by Gasteiger charge is 2.31. The van der Waals surface area contributed by atoms with Crippen LogP contribution in [0.3, 0.4) is 0 Å². The molecular formula is C25H24Cl2N2O5. The van der Waals surface area contributed by atoms with Gasteiger partial charge in [-0.3, -0.25) is 9.59 Å². The summed E-state index contributed by atoms with van der Waals surface area (Å²) in [5.41, 5.74) is 0.991. The molecule has 1 aliphatic carbocycles. The molecule has 2 aromatic carbocycles. The number of furan rings is 1. The van der Waals surface area contributed by atoms with Gasteiger partial charge in [0.2, 0.25) is 0 Å². The van der Waals surface area contributed by atoms with E-state index in [4.69, 9.17) is 32.4 Å². The number of benzene rings is 2. The second kappa shape index (κ2) is 9.58. The number of Topliss-reactive ketones (excluding diaryl/α,β-unsaturated/α-hetero) is 1. The first-order chi connectivity index (χ1) is 16.4. The summed E-state index contributed by atoms with van der Waals surface area (Å²) >= 11 is 12.4. The van der Waals surface area contributed by atoms with Gasteiger partial charge in [-0.25, -0.2) is 0 Å². The molecule has 2 aliphatic rings. The second-order valence-electron chi connectivity index (χ2n) is 8.81. The topological polar surface area (TPSA) is 92.0 Å². The fourth-order valence-corrected chi connectivity index (χ4v) is 4.35. The van der Waals surface area contributed by atoms with E-state index >= 15 is 0 Å². The molecule has 2 N–H and O–H groups in total. The first-order valence-electron chi connectivity index (χ1n) is 11.3. The molecule has 1 saturated carbocycles. The molecular weight excluding hydrogens is 479 g/mol. The Bertz CT molecular complexity index is 1240. The lowest BCUT2D eigenvalue weighted by molar-refractivity contribution is -0.119. The molecule has 1 saturated heterocycles. The van der Waals surface area contributed by atoms with E-state index in [0.29, 0.717) is 38.9 Å². The molecule has 3 aromatic rings. The lowest BCUT2D eigenvalue weighted by Gasteiger charge is -2.36. The summed E-state index contributed by atoms with van der Waals surface area (Å²) in [7, 11) is 0. The third-order valence-corrected chi connectivity index (χ3v) is 6.66. The van der Waals surface area contributed by atoms with Crippen LogP contribution in [0.15, 0.2) is 46.9 Å². The number of ether oxygens (including phenoxy) is 1. The minimum absolute atomic E-state index is 0.0865. The van der Waals surface area contributed by atoms with Crippen LogP contribution in [0.25, 0.3) is 11.0 Å². The number of amides is 1. The number of aliphatic hydroxyl groups is 1. The van der Waals surface area contributed by atoms with E-state index in [1.54, 1.807) is 36.4 Å². The summed E-state index contributed by atoms with van der Waals surface area (Å²) in [5.74, 6) is -1.19. The maximum Gasteiger partial charge on any atom is 0.296 e. The minimum Gasteiger partial charge on any atom is -0.489 e. The maximum atomic E-state index is 12.8. The molecule has 1 aromatic heterocycles. The van der Waals surface area contributed by atoms with Gasteiger partial charge in [0.25, 0.3) is 11.7 Å². The molecule has 2 unspecified atom stereocenters. The molecule has 5 rings (SSSR count). The zero-order chi connectivity index (χ0) is 23.8. The molecule has 0 radical (unpaired) electrons.